The highest BCUT2D eigenvalue weighted by Crippen LogP contribution is 2.38. The highest BCUT2D eigenvalue weighted by atomic mass is 16.5. The van der Waals surface area contributed by atoms with Gasteiger partial charge in [-0.05, 0) is 43.6 Å². The maximum Gasteiger partial charge on any atom is 0.306 e. The lowest BCUT2D eigenvalue weighted by Crippen LogP contribution is -2.23. The maximum absolute atomic E-state index is 11.6. The van der Waals surface area contributed by atoms with Crippen LogP contribution in [-0.2, 0) is 14.3 Å². The molecule has 0 heterocycles. The molecular weight excluding hydrogens is 242 g/mol. The van der Waals surface area contributed by atoms with Gasteiger partial charge in [-0.25, -0.2) is 0 Å². The minimum atomic E-state index is -0.143. The topological polar surface area (TPSA) is 59.3 Å². The van der Waals surface area contributed by atoms with Crippen molar-refractivity contribution in [3.05, 3.63) is 11.8 Å². The SMILES string of the molecule is CCOC(=O)C[C@H]1CCC[C@H](CCC#N)/C1=C\OC. The number of hydrogen-bond acceptors (Lipinski definition) is 4. The van der Waals surface area contributed by atoms with Gasteiger partial charge in [-0.15, -0.1) is 0 Å². The van der Waals surface area contributed by atoms with Crippen LogP contribution in [0, 0.1) is 23.2 Å². The Morgan fingerprint density at radius 2 is 2.21 bits per heavy atom. The summed E-state index contributed by atoms with van der Waals surface area (Å²) in [5.41, 5.74) is 1.18. The Morgan fingerprint density at radius 3 is 2.84 bits per heavy atom. The van der Waals surface area contributed by atoms with Crippen molar-refractivity contribution in [2.45, 2.75) is 45.4 Å². The Labute approximate surface area is 115 Å². The van der Waals surface area contributed by atoms with Crippen LogP contribution in [0.15, 0.2) is 11.8 Å². The van der Waals surface area contributed by atoms with Gasteiger partial charge in [-0.3, -0.25) is 4.79 Å². The van der Waals surface area contributed by atoms with E-state index < -0.39 is 0 Å². The predicted octanol–water partition coefficient (Wildman–Crippen LogP) is 3.19. The van der Waals surface area contributed by atoms with Crippen molar-refractivity contribution in [2.75, 3.05) is 13.7 Å². The molecule has 0 aromatic carbocycles. The third-order valence-corrected chi connectivity index (χ3v) is 3.62. The third kappa shape index (κ3) is 4.94. The first-order valence-electron chi connectivity index (χ1n) is 6.98. The second-order valence-corrected chi connectivity index (χ2v) is 4.88. The molecule has 2 atom stereocenters. The number of carbonyl (C=O) groups excluding carboxylic acids is 1. The van der Waals surface area contributed by atoms with Crippen LogP contribution in [-0.4, -0.2) is 19.7 Å². The van der Waals surface area contributed by atoms with Gasteiger partial charge in [0.05, 0.1) is 32.5 Å². The minimum absolute atomic E-state index is 0.143. The number of nitriles is 1. The molecule has 1 rings (SSSR count). The lowest BCUT2D eigenvalue weighted by Gasteiger charge is -2.31. The van der Waals surface area contributed by atoms with E-state index in [1.807, 2.05) is 6.92 Å². The first-order valence-corrected chi connectivity index (χ1v) is 6.98. The van der Waals surface area contributed by atoms with Gasteiger partial charge in [0.2, 0.25) is 0 Å². The van der Waals surface area contributed by atoms with Crippen LogP contribution in [0.2, 0.25) is 0 Å². The molecule has 19 heavy (non-hydrogen) atoms. The quantitative estimate of drug-likeness (QED) is 0.546. The molecule has 4 nitrogen and oxygen atoms in total. The van der Waals surface area contributed by atoms with Crippen molar-refractivity contribution >= 4 is 5.97 Å². The highest BCUT2D eigenvalue weighted by molar-refractivity contribution is 5.70. The molecule has 0 saturated heterocycles. The van der Waals surface area contributed by atoms with Crippen LogP contribution in [0.1, 0.15) is 45.4 Å². The molecule has 1 aliphatic carbocycles. The largest absolute Gasteiger partial charge is 0.504 e. The normalized spacial score (nSPS) is 24.8. The summed E-state index contributed by atoms with van der Waals surface area (Å²) in [6, 6.07) is 2.19. The molecule has 0 aliphatic heterocycles. The number of hydrogen-bond donors (Lipinski definition) is 0. The maximum atomic E-state index is 11.6. The molecule has 0 spiro atoms. The molecular formula is C15H23NO3. The van der Waals surface area contributed by atoms with Crippen LogP contribution in [0.25, 0.3) is 0 Å². The average molecular weight is 265 g/mol. The average Bonchev–Trinajstić information content (AvgIpc) is 2.39. The molecule has 0 bridgehead atoms. The number of rotatable bonds is 6. The number of nitrogens with zero attached hydrogens (tertiary/aromatic N) is 1. The summed E-state index contributed by atoms with van der Waals surface area (Å²) in [5.74, 6) is 0.430. The van der Waals surface area contributed by atoms with E-state index in [-0.39, 0.29) is 11.9 Å². The summed E-state index contributed by atoms with van der Waals surface area (Å²) in [5, 5.41) is 8.72. The van der Waals surface area contributed by atoms with Crippen molar-refractivity contribution < 1.29 is 14.3 Å². The van der Waals surface area contributed by atoms with Crippen LogP contribution < -0.4 is 0 Å². The van der Waals surface area contributed by atoms with E-state index in [1.54, 1.807) is 13.4 Å². The molecule has 0 unspecified atom stereocenters. The monoisotopic (exact) mass is 265 g/mol. The molecule has 1 fully saturated rings. The minimum Gasteiger partial charge on any atom is -0.504 e. The smallest absolute Gasteiger partial charge is 0.306 e. The molecule has 0 aromatic heterocycles. The molecule has 0 N–H and O–H groups in total. The fraction of sp³-hybridized carbons (Fsp3) is 0.733. The van der Waals surface area contributed by atoms with E-state index in [1.165, 1.54) is 5.57 Å². The predicted molar refractivity (Wildman–Crippen MR) is 72.0 cm³/mol. The van der Waals surface area contributed by atoms with Crippen molar-refractivity contribution in [1.82, 2.24) is 0 Å². The van der Waals surface area contributed by atoms with Gasteiger partial charge in [0, 0.05) is 6.42 Å². The van der Waals surface area contributed by atoms with Gasteiger partial charge < -0.3 is 9.47 Å². The molecule has 0 amide bonds. The van der Waals surface area contributed by atoms with E-state index in [9.17, 15) is 4.79 Å². The number of methoxy groups -OCH3 is 1. The Kier molecular flexibility index (Phi) is 7.02. The summed E-state index contributed by atoms with van der Waals surface area (Å²) in [6.07, 6.45) is 6.77. The fourth-order valence-corrected chi connectivity index (χ4v) is 2.80. The number of ether oxygens (including phenoxy) is 2. The zero-order valence-corrected chi connectivity index (χ0v) is 11.9. The van der Waals surface area contributed by atoms with E-state index in [4.69, 9.17) is 14.7 Å². The summed E-state index contributed by atoms with van der Waals surface area (Å²) in [4.78, 5) is 11.6. The number of allylic oxidation sites excluding steroid dienone is 1. The summed E-state index contributed by atoms with van der Waals surface area (Å²) in [6.45, 7) is 2.24. The molecule has 0 aromatic rings. The zero-order chi connectivity index (χ0) is 14.1. The van der Waals surface area contributed by atoms with Crippen LogP contribution in [0.4, 0.5) is 0 Å². The second-order valence-electron chi connectivity index (χ2n) is 4.88. The summed E-state index contributed by atoms with van der Waals surface area (Å²) < 4.78 is 10.2. The first-order chi connectivity index (χ1) is 9.22. The fourth-order valence-electron chi connectivity index (χ4n) is 2.80. The molecule has 1 aliphatic rings. The van der Waals surface area contributed by atoms with Crippen LogP contribution >= 0.6 is 0 Å². The molecule has 4 heteroatoms. The van der Waals surface area contributed by atoms with E-state index in [2.05, 4.69) is 6.07 Å². The van der Waals surface area contributed by atoms with Crippen molar-refractivity contribution in [2.24, 2.45) is 11.8 Å². The number of esters is 1. The van der Waals surface area contributed by atoms with Crippen LogP contribution in [0.3, 0.4) is 0 Å². The third-order valence-electron chi connectivity index (χ3n) is 3.62. The highest BCUT2D eigenvalue weighted by Gasteiger charge is 2.29. The van der Waals surface area contributed by atoms with E-state index in [0.29, 0.717) is 25.4 Å². The van der Waals surface area contributed by atoms with Gasteiger partial charge in [-0.2, -0.15) is 5.26 Å². The van der Waals surface area contributed by atoms with E-state index in [0.717, 1.165) is 25.7 Å². The van der Waals surface area contributed by atoms with Gasteiger partial charge in [0.1, 0.15) is 0 Å². The first kappa shape index (κ1) is 15.6. The standard InChI is InChI=1S/C15H23NO3/c1-3-19-15(17)10-13-7-4-6-12(8-5-9-16)14(13)11-18-2/h11-13H,3-8,10H2,1-2H3/b14-11+/t12-,13-/m1/s1. The summed E-state index contributed by atoms with van der Waals surface area (Å²) >= 11 is 0. The van der Waals surface area contributed by atoms with Crippen LogP contribution in [0.5, 0.6) is 0 Å². The Morgan fingerprint density at radius 1 is 1.47 bits per heavy atom. The molecule has 1 saturated carbocycles. The molecule has 0 radical (unpaired) electrons. The van der Waals surface area contributed by atoms with Crippen molar-refractivity contribution in [3.8, 4) is 6.07 Å². The van der Waals surface area contributed by atoms with Crippen molar-refractivity contribution in [1.29, 1.82) is 5.26 Å². The van der Waals surface area contributed by atoms with Crippen molar-refractivity contribution in [3.63, 3.8) is 0 Å². The van der Waals surface area contributed by atoms with Gasteiger partial charge in [0.15, 0.2) is 0 Å². The summed E-state index contributed by atoms with van der Waals surface area (Å²) in [7, 11) is 1.63. The number of carbonyl (C=O) groups is 1. The second kappa shape index (κ2) is 8.58. The Hall–Kier alpha value is -1.50. The Bertz CT molecular complexity index is 357. The lowest BCUT2D eigenvalue weighted by atomic mass is 9.74. The Balaban J connectivity index is 2.70. The van der Waals surface area contributed by atoms with Gasteiger partial charge >= 0.3 is 5.97 Å². The molecule has 106 valence electrons. The van der Waals surface area contributed by atoms with Gasteiger partial charge in [-0.1, -0.05) is 6.42 Å². The zero-order valence-electron chi connectivity index (χ0n) is 11.9. The van der Waals surface area contributed by atoms with E-state index >= 15 is 0 Å². The van der Waals surface area contributed by atoms with Gasteiger partial charge in [0.25, 0.3) is 0 Å². The lowest BCUT2D eigenvalue weighted by molar-refractivity contribution is -0.144.